The molecule has 0 bridgehead atoms. The van der Waals surface area contributed by atoms with Crippen LogP contribution in [0.3, 0.4) is 0 Å². The fourth-order valence-corrected chi connectivity index (χ4v) is 3.11. The molecule has 0 radical (unpaired) electrons. The molecule has 1 aromatic rings. The Bertz CT molecular complexity index is 308. The maximum absolute atomic E-state index is 11.5. The monoisotopic (exact) mass is 418 g/mol. The maximum atomic E-state index is 11.5. The average Bonchev–Trinajstić information content (AvgIpc) is 2.04. The Morgan fingerprint density at radius 2 is 1.92 bits per heavy atom. The van der Waals surface area contributed by atoms with Crippen LogP contribution < -0.4 is 0 Å². The van der Waals surface area contributed by atoms with Crippen molar-refractivity contribution in [3.63, 3.8) is 0 Å². The quantitative estimate of drug-likeness (QED) is 0.413. The number of ether oxygens (including phenoxy) is 1. The number of hydrogen-bond acceptors (Lipinski definition) is 2. The smallest absolute Gasteiger partial charge is 0.339 e. The third-order valence-electron chi connectivity index (χ3n) is 1.44. The minimum Gasteiger partial charge on any atom is -0.467 e. The molecule has 0 saturated carbocycles. The van der Waals surface area contributed by atoms with Gasteiger partial charge in [0.15, 0.2) is 0 Å². The predicted octanol–water partition coefficient (Wildman–Crippen LogP) is 1.38. The molecule has 0 fully saturated rings. The molecular formula is C8H8I2O2Si. The van der Waals surface area contributed by atoms with Crippen molar-refractivity contribution in [2.24, 2.45) is 0 Å². The zero-order valence-corrected chi connectivity index (χ0v) is 13.3. The van der Waals surface area contributed by atoms with Gasteiger partial charge in [-0.1, -0.05) is 6.07 Å². The van der Waals surface area contributed by atoms with E-state index in [-0.39, 0.29) is 5.97 Å². The second-order valence-electron chi connectivity index (χ2n) is 2.32. The van der Waals surface area contributed by atoms with Crippen molar-refractivity contribution < 1.29 is 9.53 Å². The van der Waals surface area contributed by atoms with Gasteiger partial charge in [0.05, 0.1) is 22.0 Å². The van der Waals surface area contributed by atoms with E-state index in [9.17, 15) is 4.79 Å². The van der Waals surface area contributed by atoms with Crippen molar-refractivity contribution in [3.8, 4) is 0 Å². The Morgan fingerprint density at radius 1 is 1.38 bits per heavy atom. The van der Waals surface area contributed by atoms with Gasteiger partial charge in [0.2, 0.25) is 0 Å². The lowest BCUT2D eigenvalue weighted by molar-refractivity contribution is 0.0571. The van der Waals surface area contributed by atoms with Crippen LogP contribution in [0.1, 0.15) is 10.4 Å². The molecule has 13 heavy (non-hydrogen) atoms. The number of benzene rings is 1. The number of rotatable bonds is 2. The van der Waals surface area contributed by atoms with Gasteiger partial charge in [0, 0.05) is 7.14 Å². The van der Waals surface area contributed by atoms with E-state index in [1.165, 1.54) is 0 Å². The average molecular weight is 418 g/mol. The Balaban J connectivity index is 3.05. The Kier molecular flexibility index (Phi) is 4.66. The molecule has 0 aliphatic carbocycles. The highest BCUT2D eigenvalue weighted by Gasteiger charge is 2.13. The summed E-state index contributed by atoms with van der Waals surface area (Å²) in [6, 6.07) is 5.75. The summed E-state index contributed by atoms with van der Waals surface area (Å²) in [5.74, 6) is -0.204. The first-order chi connectivity index (χ1) is 6.16. The summed E-state index contributed by atoms with van der Waals surface area (Å²) in [6.07, 6.45) is 0.555. The summed E-state index contributed by atoms with van der Waals surface area (Å²) < 4.78 is 6.90. The molecule has 0 aromatic heterocycles. The minimum atomic E-state index is -0.204. The highest BCUT2D eigenvalue weighted by molar-refractivity contribution is 14.1. The summed E-state index contributed by atoms with van der Waals surface area (Å²) in [6.45, 7) is 0. The van der Waals surface area contributed by atoms with E-state index in [2.05, 4.69) is 45.2 Å². The van der Waals surface area contributed by atoms with Gasteiger partial charge in [0.25, 0.3) is 0 Å². The molecule has 0 unspecified atom stereocenters. The standard InChI is InChI=1S/C8H8I2O2Si/c9-5-2-1-3-6(10)7(5)8(11)12-4-13/h1-3H,4H2,13H3. The number of esters is 1. The van der Waals surface area contributed by atoms with Crippen LogP contribution in [-0.2, 0) is 4.74 Å². The van der Waals surface area contributed by atoms with Crippen LogP contribution in [-0.4, -0.2) is 22.4 Å². The summed E-state index contributed by atoms with van der Waals surface area (Å²) in [4.78, 5) is 11.5. The summed E-state index contributed by atoms with van der Waals surface area (Å²) in [7, 11) is 0.886. The lowest BCUT2D eigenvalue weighted by Gasteiger charge is -2.05. The first-order valence-electron chi connectivity index (χ1n) is 3.78. The molecule has 2 nitrogen and oxygen atoms in total. The van der Waals surface area contributed by atoms with Crippen molar-refractivity contribution in [2.45, 2.75) is 0 Å². The number of carbonyl (C=O) groups is 1. The van der Waals surface area contributed by atoms with E-state index in [0.717, 1.165) is 17.4 Å². The Morgan fingerprint density at radius 3 is 2.38 bits per heavy atom. The zero-order valence-electron chi connectivity index (χ0n) is 7.01. The van der Waals surface area contributed by atoms with Gasteiger partial charge >= 0.3 is 5.97 Å². The SMILES string of the molecule is O=C(OC[SiH3])c1c(I)cccc1I. The van der Waals surface area contributed by atoms with E-state index in [1.54, 1.807) is 0 Å². The van der Waals surface area contributed by atoms with Crippen molar-refractivity contribution in [1.82, 2.24) is 0 Å². The lowest BCUT2D eigenvalue weighted by atomic mass is 10.2. The van der Waals surface area contributed by atoms with Gasteiger partial charge in [-0.3, -0.25) is 0 Å². The summed E-state index contributed by atoms with van der Waals surface area (Å²) in [5, 5.41) is 0. The third kappa shape index (κ3) is 2.91. The van der Waals surface area contributed by atoms with Gasteiger partial charge in [-0.05, 0) is 57.3 Å². The maximum Gasteiger partial charge on any atom is 0.339 e. The van der Waals surface area contributed by atoms with Crippen LogP contribution in [0, 0.1) is 7.14 Å². The molecule has 0 amide bonds. The van der Waals surface area contributed by atoms with Crippen LogP contribution in [0.25, 0.3) is 0 Å². The molecule has 1 rings (SSSR count). The Labute approximate surface area is 107 Å². The van der Waals surface area contributed by atoms with Gasteiger partial charge < -0.3 is 4.74 Å². The highest BCUT2D eigenvalue weighted by atomic mass is 127. The molecule has 1 aromatic carbocycles. The Hall–Kier alpha value is 0.367. The molecule has 0 spiro atoms. The molecule has 0 N–H and O–H groups in total. The predicted molar refractivity (Wildman–Crippen MR) is 72.1 cm³/mol. The van der Waals surface area contributed by atoms with E-state index >= 15 is 0 Å². The van der Waals surface area contributed by atoms with Gasteiger partial charge in [-0.25, -0.2) is 4.79 Å². The second kappa shape index (κ2) is 5.30. The van der Waals surface area contributed by atoms with E-state index in [4.69, 9.17) is 4.74 Å². The summed E-state index contributed by atoms with van der Waals surface area (Å²) in [5.41, 5.74) is 0.694. The van der Waals surface area contributed by atoms with Crippen molar-refractivity contribution >= 4 is 61.4 Å². The van der Waals surface area contributed by atoms with Gasteiger partial charge in [-0.15, -0.1) is 0 Å². The van der Waals surface area contributed by atoms with Gasteiger partial charge in [0.1, 0.15) is 0 Å². The number of hydrogen-bond donors (Lipinski definition) is 0. The second-order valence-corrected chi connectivity index (χ2v) is 5.22. The first kappa shape index (κ1) is 11.4. The van der Waals surface area contributed by atoms with Crippen molar-refractivity contribution in [3.05, 3.63) is 30.9 Å². The van der Waals surface area contributed by atoms with E-state index in [1.807, 2.05) is 18.2 Å². The third-order valence-corrected chi connectivity index (χ3v) is 3.53. The molecule has 5 heteroatoms. The van der Waals surface area contributed by atoms with Crippen LogP contribution in [0.4, 0.5) is 0 Å². The molecule has 0 heterocycles. The summed E-state index contributed by atoms with van der Waals surface area (Å²) >= 11 is 4.29. The molecule has 0 aliphatic heterocycles. The topological polar surface area (TPSA) is 26.3 Å². The molecule has 70 valence electrons. The zero-order chi connectivity index (χ0) is 9.84. The lowest BCUT2D eigenvalue weighted by Crippen LogP contribution is -2.09. The van der Waals surface area contributed by atoms with Crippen LogP contribution in [0.2, 0.25) is 0 Å². The number of carbonyl (C=O) groups excluding carboxylic acids is 1. The van der Waals surface area contributed by atoms with Crippen molar-refractivity contribution in [1.29, 1.82) is 0 Å². The highest BCUT2D eigenvalue weighted by Crippen LogP contribution is 2.19. The molecule has 0 atom stereocenters. The normalized spacial score (nSPS) is 10.0. The fraction of sp³-hybridized carbons (Fsp3) is 0.125. The van der Waals surface area contributed by atoms with Crippen LogP contribution in [0.15, 0.2) is 18.2 Å². The molecule has 0 saturated heterocycles. The van der Waals surface area contributed by atoms with E-state index in [0.29, 0.717) is 11.8 Å². The van der Waals surface area contributed by atoms with E-state index < -0.39 is 0 Å². The molecular weight excluding hydrogens is 410 g/mol. The minimum absolute atomic E-state index is 0.204. The van der Waals surface area contributed by atoms with Crippen LogP contribution in [0.5, 0.6) is 0 Å². The van der Waals surface area contributed by atoms with Crippen LogP contribution >= 0.6 is 45.2 Å². The fourth-order valence-electron chi connectivity index (χ4n) is 0.896. The van der Waals surface area contributed by atoms with Crippen molar-refractivity contribution in [2.75, 3.05) is 6.23 Å². The first-order valence-corrected chi connectivity index (χ1v) is 7.35. The largest absolute Gasteiger partial charge is 0.467 e. The van der Waals surface area contributed by atoms with Gasteiger partial charge in [-0.2, -0.15) is 0 Å². The number of halogens is 2. The molecule has 0 aliphatic rings.